The number of halogens is 1. The summed E-state index contributed by atoms with van der Waals surface area (Å²) in [5, 5.41) is 6.91. The van der Waals surface area contributed by atoms with Crippen molar-refractivity contribution in [1.82, 2.24) is 14.5 Å². The second-order valence-corrected chi connectivity index (χ2v) is 9.95. The summed E-state index contributed by atoms with van der Waals surface area (Å²) in [6.07, 6.45) is 1.37. The maximum atomic E-state index is 11.7. The molecule has 2 N–H and O–H groups in total. The van der Waals surface area contributed by atoms with Crippen molar-refractivity contribution in [1.29, 1.82) is 0 Å². The zero-order valence-corrected chi connectivity index (χ0v) is 20.2. The van der Waals surface area contributed by atoms with Crippen LogP contribution in [0.25, 0.3) is 28.0 Å². The Morgan fingerprint density at radius 1 is 0.886 bits per heavy atom. The first-order valence-corrected chi connectivity index (χ1v) is 12.6. The average Bonchev–Trinajstić information content (AvgIpc) is 3.29. The van der Waals surface area contributed by atoms with Crippen molar-refractivity contribution in [2.24, 2.45) is 5.14 Å². The summed E-state index contributed by atoms with van der Waals surface area (Å²) in [5.74, 6) is 0.603. The quantitative estimate of drug-likeness (QED) is 0.346. The van der Waals surface area contributed by atoms with Gasteiger partial charge in [0.1, 0.15) is 11.9 Å². The number of ether oxygens (including phenoxy) is 1. The lowest BCUT2D eigenvalue weighted by atomic mass is 10.1. The minimum absolute atomic E-state index is 0.0289. The highest BCUT2D eigenvalue weighted by atomic mass is 35.5. The number of sulfonamides is 1. The molecule has 0 fully saturated rings. The monoisotopic (exact) mass is 504 g/mol. The van der Waals surface area contributed by atoms with Crippen LogP contribution >= 0.6 is 11.6 Å². The molecule has 0 saturated heterocycles. The van der Waals surface area contributed by atoms with Gasteiger partial charge in [-0.1, -0.05) is 35.9 Å². The molecule has 0 saturated carbocycles. The molecule has 0 aliphatic heterocycles. The summed E-state index contributed by atoms with van der Waals surface area (Å²) in [7, 11) is -2.19. The number of aromatic nitrogens is 3. The SMILES string of the molecule is COC(c1cn(-c2ccc(Cl)cc2)c(-c2ccc(S(N)(=O)=O)cc2)n1)c1ccc2ccccc2n1. The van der Waals surface area contributed by atoms with Gasteiger partial charge in [-0.2, -0.15) is 0 Å². The van der Waals surface area contributed by atoms with Crippen LogP contribution in [0.15, 0.2) is 96.0 Å². The van der Waals surface area contributed by atoms with E-state index in [1.165, 1.54) is 12.1 Å². The molecule has 176 valence electrons. The third-order valence-corrected chi connectivity index (χ3v) is 6.84. The zero-order chi connectivity index (χ0) is 24.6. The number of fused-ring (bicyclic) bond motifs is 1. The van der Waals surface area contributed by atoms with E-state index in [-0.39, 0.29) is 4.90 Å². The fourth-order valence-corrected chi connectivity index (χ4v) is 4.58. The number of methoxy groups -OCH3 is 1. The summed E-state index contributed by atoms with van der Waals surface area (Å²) in [5.41, 5.74) is 3.78. The number of benzene rings is 3. The summed E-state index contributed by atoms with van der Waals surface area (Å²) < 4.78 is 31.2. The topological polar surface area (TPSA) is 100 Å². The van der Waals surface area contributed by atoms with Gasteiger partial charge in [-0.15, -0.1) is 0 Å². The molecule has 5 rings (SSSR count). The Labute approximate surface area is 207 Å². The highest BCUT2D eigenvalue weighted by molar-refractivity contribution is 7.89. The molecule has 0 radical (unpaired) electrons. The van der Waals surface area contributed by atoms with Crippen molar-refractivity contribution >= 4 is 32.5 Å². The van der Waals surface area contributed by atoms with E-state index in [1.807, 2.05) is 59.3 Å². The number of pyridine rings is 1. The molecule has 0 bridgehead atoms. The fraction of sp³-hybridized carbons (Fsp3) is 0.0769. The Bertz CT molecular complexity index is 1620. The summed E-state index contributed by atoms with van der Waals surface area (Å²) in [6, 6.07) is 25.4. The summed E-state index contributed by atoms with van der Waals surface area (Å²) in [6.45, 7) is 0. The third-order valence-electron chi connectivity index (χ3n) is 5.66. The Morgan fingerprint density at radius 2 is 1.60 bits per heavy atom. The Balaban J connectivity index is 1.64. The van der Waals surface area contributed by atoms with Crippen molar-refractivity contribution in [3.8, 4) is 17.1 Å². The molecule has 7 nitrogen and oxygen atoms in total. The van der Waals surface area contributed by atoms with Crippen LogP contribution in [0.2, 0.25) is 5.02 Å². The molecule has 5 aromatic rings. The molecule has 0 aliphatic rings. The molecule has 2 aromatic heterocycles. The van der Waals surface area contributed by atoms with Crippen LogP contribution in [0.1, 0.15) is 17.5 Å². The van der Waals surface area contributed by atoms with Crippen LogP contribution in [0.4, 0.5) is 0 Å². The van der Waals surface area contributed by atoms with Gasteiger partial charge in [-0.3, -0.25) is 4.57 Å². The van der Waals surface area contributed by atoms with E-state index in [4.69, 9.17) is 31.4 Å². The van der Waals surface area contributed by atoms with E-state index >= 15 is 0 Å². The number of nitrogens with two attached hydrogens (primary N) is 1. The van der Waals surface area contributed by atoms with E-state index in [1.54, 1.807) is 31.4 Å². The normalized spacial score (nSPS) is 12.7. The Morgan fingerprint density at radius 3 is 2.29 bits per heavy atom. The molecule has 3 aromatic carbocycles. The predicted molar refractivity (Wildman–Crippen MR) is 136 cm³/mol. The highest BCUT2D eigenvalue weighted by Gasteiger charge is 2.22. The van der Waals surface area contributed by atoms with Gasteiger partial charge >= 0.3 is 0 Å². The molecule has 35 heavy (non-hydrogen) atoms. The van der Waals surface area contributed by atoms with E-state index in [9.17, 15) is 8.42 Å². The first-order valence-electron chi connectivity index (χ1n) is 10.7. The van der Waals surface area contributed by atoms with Gasteiger partial charge in [0.2, 0.25) is 10.0 Å². The number of nitrogens with zero attached hydrogens (tertiary/aromatic N) is 3. The van der Waals surface area contributed by atoms with Gasteiger partial charge in [0, 0.05) is 35.0 Å². The molecular formula is C26H21ClN4O3S. The third kappa shape index (κ3) is 4.69. The van der Waals surface area contributed by atoms with Crippen molar-refractivity contribution in [3.63, 3.8) is 0 Å². The number of imidazole rings is 1. The van der Waals surface area contributed by atoms with Crippen LogP contribution < -0.4 is 5.14 Å². The zero-order valence-electron chi connectivity index (χ0n) is 18.7. The largest absolute Gasteiger partial charge is 0.369 e. The van der Waals surface area contributed by atoms with Crippen LogP contribution in [0.3, 0.4) is 0 Å². The van der Waals surface area contributed by atoms with Crippen LogP contribution in [0, 0.1) is 0 Å². The van der Waals surface area contributed by atoms with Gasteiger partial charge in [-0.25, -0.2) is 23.5 Å². The molecule has 0 amide bonds. The van der Waals surface area contributed by atoms with Crippen LogP contribution in [0.5, 0.6) is 0 Å². The first-order chi connectivity index (χ1) is 16.8. The van der Waals surface area contributed by atoms with Gasteiger partial charge in [0.15, 0.2) is 0 Å². The molecule has 1 atom stereocenters. The smallest absolute Gasteiger partial charge is 0.238 e. The predicted octanol–water partition coefficient (Wildman–Crippen LogP) is 5.12. The lowest BCUT2D eigenvalue weighted by Gasteiger charge is -2.13. The fourth-order valence-electron chi connectivity index (χ4n) is 3.94. The molecular weight excluding hydrogens is 484 g/mol. The maximum Gasteiger partial charge on any atom is 0.238 e. The number of hydrogen-bond acceptors (Lipinski definition) is 5. The average molecular weight is 505 g/mol. The molecule has 0 spiro atoms. The van der Waals surface area contributed by atoms with Crippen LogP contribution in [-0.4, -0.2) is 30.1 Å². The van der Waals surface area contributed by atoms with Crippen molar-refractivity contribution in [3.05, 3.63) is 108 Å². The van der Waals surface area contributed by atoms with E-state index in [0.717, 1.165) is 22.3 Å². The second-order valence-electron chi connectivity index (χ2n) is 7.95. The summed E-state index contributed by atoms with van der Waals surface area (Å²) >= 11 is 6.10. The van der Waals surface area contributed by atoms with Gasteiger partial charge in [-0.05, 0) is 60.7 Å². The lowest BCUT2D eigenvalue weighted by Crippen LogP contribution is -2.11. The standard InChI is InChI=1S/C26H21ClN4O3S/c1-34-25(23-15-8-17-4-2-3-5-22(17)29-23)24-16-31(20-11-9-19(27)10-12-20)26(30-24)18-6-13-21(14-7-18)35(28,32)33/h2-16,25H,1H3,(H2,28,32,33). The maximum absolute atomic E-state index is 11.7. The number of para-hydroxylation sites is 1. The minimum atomic E-state index is -3.81. The van der Waals surface area contributed by atoms with E-state index in [2.05, 4.69) is 0 Å². The lowest BCUT2D eigenvalue weighted by molar-refractivity contribution is 0.130. The molecule has 1 unspecified atom stereocenters. The Kier molecular flexibility index (Phi) is 6.12. The molecule has 0 aliphatic carbocycles. The van der Waals surface area contributed by atoms with E-state index < -0.39 is 16.1 Å². The van der Waals surface area contributed by atoms with E-state index in [0.29, 0.717) is 22.1 Å². The molecule has 2 heterocycles. The number of hydrogen-bond donors (Lipinski definition) is 1. The Hall–Kier alpha value is -3.56. The van der Waals surface area contributed by atoms with Gasteiger partial charge in [0.25, 0.3) is 0 Å². The number of rotatable bonds is 6. The summed E-state index contributed by atoms with van der Waals surface area (Å²) in [4.78, 5) is 9.70. The van der Waals surface area contributed by atoms with Crippen molar-refractivity contribution < 1.29 is 13.2 Å². The highest BCUT2D eigenvalue weighted by Crippen LogP contribution is 2.31. The minimum Gasteiger partial charge on any atom is -0.369 e. The molecule has 9 heteroatoms. The second kappa shape index (κ2) is 9.24. The van der Waals surface area contributed by atoms with Gasteiger partial charge in [0.05, 0.1) is 21.8 Å². The van der Waals surface area contributed by atoms with Gasteiger partial charge < -0.3 is 4.74 Å². The van der Waals surface area contributed by atoms with Crippen LogP contribution in [-0.2, 0) is 14.8 Å². The number of primary sulfonamides is 1. The van der Waals surface area contributed by atoms with Crippen molar-refractivity contribution in [2.75, 3.05) is 7.11 Å². The van der Waals surface area contributed by atoms with Crippen molar-refractivity contribution in [2.45, 2.75) is 11.0 Å². The first kappa shape index (κ1) is 23.2.